The van der Waals surface area contributed by atoms with Crippen molar-refractivity contribution in [2.75, 3.05) is 0 Å². The maximum Gasteiger partial charge on any atom is 0.291 e. The molecule has 9 heteroatoms. The molecule has 0 saturated carbocycles. The minimum Gasteiger partial charge on any atom is -0.345 e. The van der Waals surface area contributed by atoms with Crippen molar-refractivity contribution in [2.24, 2.45) is 0 Å². The Morgan fingerprint density at radius 1 is 1.11 bits per heavy atom. The molecule has 1 amide bonds. The van der Waals surface area contributed by atoms with Crippen LogP contribution in [0.1, 0.15) is 33.4 Å². The van der Waals surface area contributed by atoms with E-state index in [1.165, 1.54) is 0 Å². The van der Waals surface area contributed by atoms with Crippen LogP contribution in [0.5, 0.6) is 0 Å². The lowest BCUT2D eigenvalue weighted by molar-refractivity contribution is 0.0940. The summed E-state index contributed by atoms with van der Waals surface area (Å²) in [7, 11) is 0. The van der Waals surface area contributed by atoms with Gasteiger partial charge in [0.15, 0.2) is 0 Å². The molecule has 0 aromatic carbocycles. The molecular weight excluding hydrogens is 344 g/mol. The first-order valence-electron chi connectivity index (χ1n) is 8.46. The van der Waals surface area contributed by atoms with Crippen molar-refractivity contribution in [3.05, 3.63) is 65.4 Å². The van der Waals surface area contributed by atoms with E-state index in [2.05, 4.69) is 30.4 Å². The first-order valence-corrected chi connectivity index (χ1v) is 8.46. The minimum absolute atomic E-state index is 0.0935. The van der Waals surface area contributed by atoms with Crippen LogP contribution in [0.4, 0.5) is 0 Å². The molecule has 0 aliphatic carbocycles. The third-order valence-corrected chi connectivity index (χ3v) is 4.16. The zero-order chi connectivity index (χ0) is 19.0. The van der Waals surface area contributed by atoms with Gasteiger partial charge in [-0.15, -0.1) is 5.10 Å². The van der Waals surface area contributed by atoms with Crippen molar-refractivity contribution in [3.8, 4) is 5.82 Å². The fourth-order valence-electron chi connectivity index (χ4n) is 2.85. The molecule has 0 unspecified atom stereocenters. The number of fused-ring (bicyclic) bond motifs is 1. The van der Waals surface area contributed by atoms with Crippen molar-refractivity contribution in [1.82, 2.24) is 39.4 Å². The van der Waals surface area contributed by atoms with Crippen LogP contribution in [0.15, 0.2) is 36.8 Å². The molecule has 9 nitrogen and oxygen atoms in total. The first kappa shape index (κ1) is 16.8. The fourth-order valence-corrected chi connectivity index (χ4v) is 2.85. The summed E-state index contributed by atoms with van der Waals surface area (Å²) in [5.41, 5.74) is 2.62. The Balaban J connectivity index is 1.51. The highest BCUT2D eigenvalue weighted by Crippen LogP contribution is 2.10. The number of hydrogen-bond donors (Lipinski definition) is 1. The summed E-state index contributed by atoms with van der Waals surface area (Å²) >= 11 is 0. The van der Waals surface area contributed by atoms with Gasteiger partial charge in [0.25, 0.3) is 11.7 Å². The fraction of sp³-hybridized carbons (Fsp3) is 0.222. The Kier molecular flexibility index (Phi) is 4.11. The Morgan fingerprint density at radius 2 is 1.96 bits per heavy atom. The van der Waals surface area contributed by atoms with E-state index in [0.29, 0.717) is 12.3 Å². The zero-order valence-electron chi connectivity index (χ0n) is 15.2. The van der Waals surface area contributed by atoms with Gasteiger partial charge in [0.1, 0.15) is 11.6 Å². The van der Waals surface area contributed by atoms with Gasteiger partial charge in [-0.25, -0.2) is 19.5 Å². The molecule has 4 rings (SSSR count). The molecule has 1 N–H and O–H groups in total. The van der Waals surface area contributed by atoms with Crippen LogP contribution in [-0.4, -0.2) is 40.0 Å². The third kappa shape index (κ3) is 3.26. The van der Waals surface area contributed by atoms with Crippen LogP contribution in [0, 0.1) is 20.8 Å². The van der Waals surface area contributed by atoms with Gasteiger partial charge in [0, 0.05) is 36.5 Å². The van der Waals surface area contributed by atoms with Crippen LogP contribution < -0.4 is 5.32 Å². The maximum atomic E-state index is 12.4. The van der Waals surface area contributed by atoms with Crippen LogP contribution in [-0.2, 0) is 6.54 Å². The predicted molar refractivity (Wildman–Crippen MR) is 97.5 cm³/mol. The monoisotopic (exact) mass is 362 g/mol. The standard InChI is InChI=1S/C18H18N8O/c1-11-8-12(2)26-18(22-11)23-16(24-26)17(27)21-10-14-4-5-20-15(9-14)25-7-6-19-13(25)3/h4-9H,10H2,1-3H3,(H,21,27). The van der Waals surface area contributed by atoms with E-state index in [1.807, 2.05) is 49.7 Å². The van der Waals surface area contributed by atoms with Crippen molar-refractivity contribution >= 4 is 11.7 Å². The van der Waals surface area contributed by atoms with E-state index in [4.69, 9.17) is 0 Å². The maximum absolute atomic E-state index is 12.4. The van der Waals surface area contributed by atoms with Gasteiger partial charge < -0.3 is 5.32 Å². The van der Waals surface area contributed by atoms with Gasteiger partial charge in [-0.3, -0.25) is 9.36 Å². The van der Waals surface area contributed by atoms with E-state index in [1.54, 1.807) is 16.9 Å². The second-order valence-electron chi connectivity index (χ2n) is 6.24. The largest absolute Gasteiger partial charge is 0.345 e. The van der Waals surface area contributed by atoms with Gasteiger partial charge in [0.05, 0.1) is 0 Å². The van der Waals surface area contributed by atoms with E-state index < -0.39 is 0 Å². The number of amides is 1. The van der Waals surface area contributed by atoms with Crippen molar-refractivity contribution in [1.29, 1.82) is 0 Å². The van der Waals surface area contributed by atoms with Gasteiger partial charge >= 0.3 is 0 Å². The second kappa shape index (κ2) is 6.60. The number of imidazole rings is 1. The van der Waals surface area contributed by atoms with Gasteiger partial charge in [-0.1, -0.05) is 0 Å². The van der Waals surface area contributed by atoms with Crippen molar-refractivity contribution in [2.45, 2.75) is 27.3 Å². The summed E-state index contributed by atoms with van der Waals surface area (Å²) in [5, 5.41) is 7.08. The molecule has 0 aliphatic heterocycles. The molecule has 0 fully saturated rings. The smallest absolute Gasteiger partial charge is 0.291 e. The number of aryl methyl sites for hydroxylation is 3. The second-order valence-corrected chi connectivity index (χ2v) is 6.24. The molecule has 4 heterocycles. The highest BCUT2D eigenvalue weighted by atomic mass is 16.2. The molecule has 0 saturated heterocycles. The van der Waals surface area contributed by atoms with Crippen molar-refractivity contribution in [3.63, 3.8) is 0 Å². The number of nitrogens with one attached hydrogen (secondary N) is 1. The summed E-state index contributed by atoms with van der Waals surface area (Å²) in [4.78, 5) is 29.5. The number of carbonyl (C=O) groups is 1. The quantitative estimate of drug-likeness (QED) is 0.591. The van der Waals surface area contributed by atoms with E-state index in [0.717, 1.165) is 28.6 Å². The number of carbonyl (C=O) groups excluding carboxylic acids is 1. The number of rotatable bonds is 4. The number of nitrogens with zero attached hydrogens (tertiary/aromatic N) is 7. The van der Waals surface area contributed by atoms with Crippen LogP contribution in [0.25, 0.3) is 11.6 Å². The number of hydrogen-bond acceptors (Lipinski definition) is 6. The predicted octanol–water partition coefficient (Wildman–Crippen LogP) is 1.56. The molecule has 0 atom stereocenters. The highest BCUT2D eigenvalue weighted by molar-refractivity contribution is 5.90. The Morgan fingerprint density at radius 3 is 2.74 bits per heavy atom. The number of aromatic nitrogens is 7. The van der Waals surface area contributed by atoms with Crippen LogP contribution in [0.3, 0.4) is 0 Å². The van der Waals surface area contributed by atoms with Gasteiger partial charge in [0.2, 0.25) is 5.82 Å². The highest BCUT2D eigenvalue weighted by Gasteiger charge is 2.15. The van der Waals surface area contributed by atoms with E-state index >= 15 is 0 Å². The third-order valence-electron chi connectivity index (χ3n) is 4.16. The minimum atomic E-state index is -0.352. The lowest BCUT2D eigenvalue weighted by Gasteiger charge is -2.07. The molecule has 27 heavy (non-hydrogen) atoms. The molecule has 4 aromatic heterocycles. The molecule has 4 aromatic rings. The summed E-state index contributed by atoms with van der Waals surface area (Å²) in [5.74, 6) is 1.75. The Bertz CT molecular complexity index is 1140. The molecule has 136 valence electrons. The molecular formula is C18H18N8O. The topological polar surface area (TPSA) is 103 Å². The van der Waals surface area contributed by atoms with Gasteiger partial charge in [-0.05, 0) is 44.5 Å². The lowest BCUT2D eigenvalue weighted by Crippen LogP contribution is -2.24. The first-order chi connectivity index (χ1) is 13.0. The van der Waals surface area contributed by atoms with E-state index in [9.17, 15) is 4.79 Å². The van der Waals surface area contributed by atoms with Crippen molar-refractivity contribution < 1.29 is 4.79 Å². The molecule has 0 radical (unpaired) electrons. The summed E-state index contributed by atoms with van der Waals surface area (Å²) in [6.07, 6.45) is 5.27. The number of pyridine rings is 1. The van der Waals surface area contributed by atoms with Gasteiger partial charge in [-0.2, -0.15) is 4.98 Å². The lowest BCUT2D eigenvalue weighted by atomic mass is 10.2. The summed E-state index contributed by atoms with van der Waals surface area (Å²) in [6, 6.07) is 5.64. The Hall–Kier alpha value is -3.62. The average Bonchev–Trinajstić information content (AvgIpc) is 3.26. The Labute approximate surface area is 155 Å². The molecule has 0 aliphatic rings. The normalized spacial score (nSPS) is 11.1. The van der Waals surface area contributed by atoms with Crippen LogP contribution >= 0.6 is 0 Å². The van der Waals surface area contributed by atoms with Crippen LogP contribution in [0.2, 0.25) is 0 Å². The van der Waals surface area contributed by atoms with E-state index in [-0.39, 0.29) is 11.7 Å². The SMILES string of the molecule is Cc1cc(C)n2nc(C(=O)NCc3ccnc(-n4ccnc4C)c3)nc2n1. The zero-order valence-corrected chi connectivity index (χ0v) is 15.2. The average molecular weight is 362 g/mol. The molecule has 0 spiro atoms. The summed E-state index contributed by atoms with van der Waals surface area (Å²) < 4.78 is 3.44. The summed E-state index contributed by atoms with van der Waals surface area (Å²) in [6.45, 7) is 6.02. The molecule has 0 bridgehead atoms.